The van der Waals surface area contributed by atoms with Crippen molar-refractivity contribution < 1.29 is 14.2 Å². The average molecular weight is 451 g/mol. The van der Waals surface area contributed by atoms with E-state index in [1.807, 2.05) is 23.0 Å². The van der Waals surface area contributed by atoms with Gasteiger partial charge in [0.15, 0.2) is 6.29 Å². The van der Waals surface area contributed by atoms with E-state index in [-0.39, 0.29) is 17.8 Å². The molecule has 1 aliphatic carbocycles. The predicted octanol–water partition coefficient (Wildman–Crippen LogP) is 3.58. The molecule has 0 aromatic carbocycles. The second-order valence-corrected chi connectivity index (χ2v) is 11.2. The summed E-state index contributed by atoms with van der Waals surface area (Å²) in [5.41, 5.74) is 2.89. The zero-order valence-corrected chi connectivity index (χ0v) is 20.1. The molecule has 7 heteroatoms. The maximum absolute atomic E-state index is 6.18. The summed E-state index contributed by atoms with van der Waals surface area (Å²) in [4.78, 5) is 11.6. The third kappa shape index (κ3) is 5.75. The summed E-state index contributed by atoms with van der Waals surface area (Å²) in [6, 6.07) is 2.00. The molecule has 2 aliphatic heterocycles. The highest BCUT2D eigenvalue weighted by atomic mass is 16.7. The van der Waals surface area contributed by atoms with Crippen LogP contribution in [0.5, 0.6) is 5.75 Å². The van der Waals surface area contributed by atoms with Crippen molar-refractivity contribution in [2.45, 2.75) is 59.5 Å². The van der Waals surface area contributed by atoms with Gasteiger partial charge in [-0.1, -0.05) is 39.5 Å². The molecular weight excluding hydrogens is 416 g/mol. The molecule has 4 heterocycles. The highest BCUT2D eigenvalue weighted by Gasteiger charge is 2.33. The lowest BCUT2D eigenvalue weighted by Gasteiger charge is -2.44. The summed E-state index contributed by atoms with van der Waals surface area (Å²) in [6.45, 7) is 13.8. The lowest BCUT2D eigenvalue weighted by molar-refractivity contribution is -0.226. The van der Waals surface area contributed by atoms with Gasteiger partial charge in [0.05, 0.1) is 38.7 Å². The molecule has 3 fully saturated rings. The highest BCUT2D eigenvalue weighted by Crippen LogP contribution is 2.34. The summed E-state index contributed by atoms with van der Waals surface area (Å²) >= 11 is 0. The molecule has 7 nitrogen and oxygen atoms in total. The number of imidazole rings is 1. The number of hydrogen-bond acceptors (Lipinski definition) is 6. The molecule has 2 aromatic heterocycles. The monoisotopic (exact) mass is 450 g/mol. The van der Waals surface area contributed by atoms with Crippen LogP contribution in [0.1, 0.15) is 46.1 Å². The van der Waals surface area contributed by atoms with Crippen LogP contribution in [-0.4, -0.2) is 64.7 Å². The first-order valence-electron chi connectivity index (χ1n) is 11.9. The molecule has 0 N–H and O–H groups in total. The van der Waals surface area contributed by atoms with E-state index in [0.717, 1.165) is 55.2 Å². The van der Waals surface area contributed by atoms with Gasteiger partial charge < -0.3 is 18.8 Å². The zero-order chi connectivity index (χ0) is 23.1. The standard InChI is InChI=1S/C26H34N4O3/c1-25(2)14-29(15-25)9-5-6-19-10-22(33-20-7-8-20)24(27-11-19)21-12-30(18-28-21)13-23-31-16-26(3,4)17-32-23/h10-12,18,20,23H,7-9,13-17H2,1-4H3. The van der Waals surface area contributed by atoms with Crippen LogP contribution in [0.3, 0.4) is 0 Å². The molecule has 0 amide bonds. The fourth-order valence-electron chi connectivity index (χ4n) is 4.28. The lowest BCUT2D eigenvalue weighted by atomic mass is 9.84. The van der Waals surface area contributed by atoms with Crippen molar-refractivity contribution in [2.24, 2.45) is 10.8 Å². The Kier molecular flexibility index (Phi) is 5.94. The topological polar surface area (TPSA) is 61.6 Å². The largest absolute Gasteiger partial charge is 0.488 e. The zero-order valence-electron chi connectivity index (χ0n) is 20.1. The first-order valence-corrected chi connectivity index (χ1v) is 11.9. The molecule has 1 saturated carbocycles. The summed E-state index contributed by atoms with van der Waals surface area (Å²) in [5.74, 6) is 7.30. The molecule has 2 saturated heterocycles. The SMILES string of the molecule is CC1(C)COC(Cn2cnc(-c3ncc(C#CCN4CC(C)(C)C4)cc3OC3CC3)c2)OC1. The number of rotatable bonds is 6. The Hall–Kier alpha value is -2.40. The Morgan fingerprint density at radius 1 is 1.09 bits per heavy atom. The number of aromatic nitrogens is 3. The molecule has 5 rings (SSSR count). The van der Waals surface area contributed by atoms with Gasteiger partial charge in [0.1, 0.15) is 17.1 Å². The molecule has 0 unspecified atom stereocenters. The Morgan fingerprint density at radius 2 is 1.85 bits per heavy atom. The normalized spacial score (nSPS) is 22.3. The van der Waals surface area contributed by atoms with E-state index in [2.05, 4.69) is 54.4 Å². The van der Waals surface area contributed by atoms with Crippen molar-refractivity contribution in [2.75, 3.05) is 32.8 Å². The first-order chi connectivity index (χ1) is 15.7. The van der Waals surface area contributed by atoms with Crippen LogP contribution in [0.4, 0.5) is 0 Å². The Morgan fingerprint density at radius 3 is 2.55 bits per heavy atom. The van der Waals surface area contributed by atoms with Gasteiger partial charge in [-0.05, 0) is 24.3 Å². The van der Waals surface area contributed by atoms with Gasteiger partial charge in [-0.2, -0.15) is 0 Å². The second kappa shape index (κ2) is 8.75. The fourth-order valence-corrected chi connectivity index (χ4v) is 4.28. The van der Waals surface area contributed by atoms with Crippen LogP contribution in [0, 0.1) is 22.7 Å². The van der Waals surface area contributed by atoms with E-state index >= 15 is 0 Å². The summed E-state index contributed by atoms with van der Waals surface area (Å²) in [5, 5.41) is 0. The molecule has 0 bridgehead atoms. The van der Waals surface area contributed by atoms with Gasteiger partial charge in [-0.25, -0.2) is 9.97 Å². The smallest absolute Gasteiger partial charge is 0.175 e. The first kappa shape index (κ1) is 22.4. The van der Waals surface area contributed by atoms with Crippen molar-refractivity contribution >= 4 is 0 Å². The van der Waals surface area contributed by atoms with Crippen molar-refractivity contribution in [1.29, 1.82) is 0 Å². The van der Waals surface area contributed by atoms with E-state index in [1.165, 1.54) is 0 Å². The van der Waals surface area contributed by atoms with Crippen LogP contribution in [0.25, 0.3) is 11.4 Å². The molecule has 0 atom stereocenters. The fraction of sp³-hybridized carbons (Fsp3) is 0.615. The van der Waals surface area contributed by atoms with Crippen LogP contribution in [0.2, 0.25) is 0 Å². The maximum Gasteiger partial charge on any atom is 0.175 e. The van der Waals surface area contributed by atoms with Crippen LogP contribution in [0.15, 0.2) is 24.8 Å². The van der Waals surface area contributed by atoms with Crippen LogP contribution < -0.4 is 4.74 Å². The van der Waals surface area contributed by atoms with E-state index < -0.39 is 0 Å². The highest BCUT2D eigenvalue weighted by molar-refractivity contribution is 5.63. The van der Waals surface area contributed by atoms with Gasteiger partial charge in [-0.3, -0.25) is 4.90 Å². The van der Waals surface area contributed by atoms with Crippen LogP contribution >= 0.6 is 0 Å². The molecule has 0 spiro atoms. The molecule has 3 aliphatic rings. The number of ether oxygens (including phenoxy) is 3. The molecule has 0 radical (unpaired) electrons. The number of pyridine rings is 1. The summed E-state index contributed by atoms with van der Waals surface area (Å²) in [7, 11) is 0. The van der Waals surface area contributed by atoms with Gasteiger partial charge in [0.2, 0.25) is 0 Å². The minimum absolute atomic E-state index is 0.0616. The minimum Gasteiger partial charge on any atom is -0.488 e. The van der Waals surface area contributed by atoms with E-state index in [0.29, 0.717) is 25.2 Å². The van der Waals surface area contributed by atoms with Gasteiger partial charge in [0.25, 0.3) is 0 Å². The predicted molar refractivity (Wildman–Crippen MR) is 126 cm³/mol. The van der Waals surface area contributed by atoms with Crippen molar-refractivity contribution in [3.05, 3.63) is 30.4 Å². The molecular formula is C26H34N4O3. The van der Waals surface area contributed by atoms with E-state index in [4.69, 9.17) is 14.2 Å². The number of likely N-dealkylation sites (tertiary alicyclic amines) is 1. The number of hydrogen-bond donors (Lipinski definition) is 0. The van der Waals surface area contributed by atoms with E-state index in [9.17, 15) is 0 Å². The third-order valence-corrected chi connectivity index (χ3v) is 6.07. The quantitative estimate of drug-likeness (QED) is 0.627. The van der Waals surface area contributed by atoms with Crippen molar-refractivity contribution in [3.8, 4) is 29.0 Å². The second-order valence-electron chi connectivity index (χ2n) is 11.2. The minimum atomic E-state index is -0.259. The van der Waals surface area contributed by atoms with Crippen LogP contribution in [-0.2, 0) is 16.0 Å². The van der Waals surface area contributed by atoms with E-state index in [1.54, 1.807) is 6.33 Å². The average Bonchev–Trinajstić information content (AvgIpc) is 3.43. The molecule has 2 aromatic rings. The van der Waals surface area contributed by atoms with Crippen molar-refractivity contribution in [1.82, 2.24) is 19.4 Å². The maximum atomic E-state index is 6.18. The Bertz CT molecular complexity index is 1040. The van der Waals surface area contributed by atoms with Crippen molar-refractivity contribution in [3.63, 3.8) is 0 Å². The van der Waals surface area contributed by atoms with Gasteiger partial charge in [-0.15, -0.1) is 0 Å². The molecule has 176 valence electrons. The van der Waals surface area contributed by atoms with Gasteiger partial charge in [0, 0.05) is 36.5 Å². The summed E-state index contributed by atoms with van der Waals surface area (Å²) < 4.78 is 19.9. The van der Waals surface area contributed by atoms with Gasteiger partial charge >= 0.3 is 0 Å². The Labute approximate surface area is 196 Å². The Balaban J connectivity index is 1.27. The lowest BCUT2D eigenvalue weighted by Crippen LogP contribution is -2.52. The number of nitrogens with zero attached hydrogens (tertiary/aromatic N) is 4. The summed E-state index contributed by atoms with van der Waals surface area (Å²) in [6.07, 6.45) is 7.77. The third-order valence-electron chi connectivity index (χ3n) is 6.07. The molecule has 33 heavy (non-hydrogen) atoms.